The maximum atomic E-state index is 9.04. The van der Waals surface area contributed by atoms with Crippen LogP contribution in [0.1, 0.15) is 12.8 Å². The zero-order valence-corrected chi connectivity index (χ0v) is 16.9. The fraction of sp³-hybridized carbons (Fsp3) is 0.136. The number of nitriles is 1. The molecule has 128 valence electrons. The Kier molecular flexibility index (Phi) is 7.38. The fourth-order valence-electron chi connectivity index (χ4n) is 3.53. The summed E-state index contributed by atoms with van der Waals surface area (Å²) in [6.07, 6.45) is 2.60. The normalized spacial score (nSPS) is 11.2. The van der Waals surface area contributed by atoms with Crippen molar-refractivity contribution in [1.82, 2.24) is 0 Å². The number of halogens is 1. The summed E-state index contributed by atoms with van der Waals surface area (Å²) < 4.78 is 0. The van der Waals surface area contributed by atoms with Crippen molar-refractivity contribution >= 4 is 40.2 Å². The summed E-state index contributed by atoms with van der Waals surface area (Å²) in [5, 5.41) is 13.3. The molecule has 0 heterocycles. The zero-order chi connectivity index (χ0) is 16.7. The summed E-state index contributed by atoms with van der Waals surface area (Å²) in [7, 11) is -2.11. The van der Waals surface area contributed by atoms with Crippen LogP contribution >= 0.6 is 24.2 Å². The summed E-state index contributed by atoms with van der Waals surface area (Å²) in [5.74, 6) is 0. The molecule has 0 N–H and O–H groups in total. The SMILES string of the molecule is Br.N#CCCC[PH](c1ccccc1)(c1ccccc1)c1ccccc1. The second-order valence-electron chi connectivity index (χ2n) is 6.02. The van der Waals surface area contributed by atoms with Crippen molar-refractivity contribution in [3.8, 4) is 6.07 Å². The van der Waals surface area contributed by atoms with Crippen LogP contribution in [0.3, 0.4) is 0 Å². The van der Waals surface area contributed by atoms with Crippen LogP contribution < -0.4 is 15.9 Å². The van der Waals surface area contributed by atoms with E-state index in [2.05, 4.69) is 97.1 Å². The van der Waals surface area contributed by atoms with Gasteiger partial charge in [0.15, 0.2) is 0 Å². The molecule has 3 aromatic carbocycles. The minimum absolute atomic E-state index is 0. The van der Waals surface area contributed by atoms with Crippen LogP contribution in [0.2, 0.25) is 0 Å². The molecule has 3 aromatic rings. The quantitative estimate of drug-likeness (QED) is 0.429. The molecule has 3 heteroatoms. The van der Waals surface area contributed by atoms with Crippen LogP contribution in [0, 0.1) is 11.3 Å². The van der Waals surface area contributed by atoms with E-state index in [9.17, 15) is 0 Å². The van der Waals surface area contributed by atoms with Gasteiger partial charge < -0.3 is 0 Å². The van der Waals surface area contributed by atoms with Gasteiger partial charge in [0, 0.05) is 0 Å². The Morgan fingerprint density at radius 3 is 1.32 bits per heavy atom. The van der Waals surface area contributed by atoms with Crippen LogP contribution in [0.15, 0.2) is 91.0 Å². The van der Waals surface area contributed by atoms with E-state index in [-0.39, 0.29) is 17.0 Å². The second-order valence-corrected chi connectivity index (χ2v) is 10.1. The van der Waals surface area contributed by atoms with Crippen molar-refractivity contribution in [2.75, 3.05) is 6.16 Å². The van der Waals surface area contributed by atoms with Crippen molar-refractivity contribution in [2.45, 2.75) is 12.8 Å². The molecule has 0 unspecified atom stereocenters. The van der Waals surface area contributed by atoms with Crippen molar-refractivity contribution in [1.29, 1.82) is 5.26 Å². The zero-order valence-electron chi connectivity index (χ0n) is 14.1. The molecule has 0 saturated heterocycles. The Morgan fingerprint density at radius 1 is 0.640 bits per heavy atom. The topological polar surface area (TPSA) is 23.8 Å². The number of unbranched alkanes of at least 4 members (excludes halogenated alkanes) is 1. The molecule has 0 aliphatic heterocycles. The number of hydrogen-bond donors (Lipinski definition) is 0. The van der Waals surface area contributed by atoms with E-state index in [1.807, 2.05) is 0 Å². The third-order valence-electron chi connectivity index (χ3n) is 4.64. The van der Waals surface area contributed by atoms with E-state index in [1.165, 1.54) is 15.9 Å². The molecule has 0 radical (unpaired) electrons. The van der Waals surface area contributed by atoms with E-state index >= 15 is 0 Å². The number of benzene rings is 3. The van der Waals surface area contributed by atoms with Crippen LogP contribution in [-0.2, 0) is 0 Å². The molecular weight excluding hydrogens is 389 g/mol. The van der Waals surface area contributed by atoms with Crippen molar-refractivity contribution in [3.05, 3.63) is 91.0 Å². The van der Waals surface area contributed by atoms with Gasteiger partial charge in [0.1, 0.15) is 0 Å². The van der Waals surface area contributed by atoms with Crippen LogP contribution in [-0.4, -0.2) is 6.16 Å². The summed E-state index contributed by atoms with van der Waals surface area (Å²) >= 11 is 0. The number of hydrogen-bond acceptors (Lipinski definition) is 1. The average molecular weight is 412 g/mol. The third kappa shape index (κ3) is 4.18. The van der Waals surface area contributed by atoms with E-state index in [0.29, 0.717) is 6.42 Å². The molecule has 1 nitrogen and oxygen atoms in total. The Labute approximate surface area is 161 Å². The minimum atomic E-state index is -2.11. The average Bonchev–Trinajstić information content (AvgIpc) is 2.68. The predicted molar refractivity (Wildman–Crippen MR) is 117 cm³/mol. The first-order valence-corrected chi connectivity index (χ1v) is 10.6. The summed E-state index contributed by atoms with van der Waals surface area (Å²) in [4.78, 5) is 0. The van der Waals surface area contributed by atoms with Gasteiger partial charge in [-0.25, -0.2) is 0 Å². The Morgan fingerprint density at radius 2 is 1.00 bits per heavy atom. The third-order valence-corrected chi connectivity index (χ3v) is 9.70. The molecule has 0 aromatic heterocycles. The molecule has 25 heavy (non-hydrogen) atoms. The number of nitrogens with zero attached hydrogens (tertiary/aromatic N) is 1. The fourth-order valence-corrected chi connectivity index (χ4v) is 8.39. The summed E-state index contributed by atoms with van der Waals surface area (Å²) in [6, 6.07) is 34.9. The van der Waals surface area contributed by atoms with E-state index in [0.717, 1.165) is 12.6 Å². The van der Waals surface area contributed by atoms with Crippen molar-refractivity contribution in [2.24, 2.45) is 0 Å². The Hall–Kier alpha value is -1.94. The molecule has 0 atom stereocenters. The standard InChI is InChI=1S/C22H22NP.BrH/c23-18-10-11-19-24(20-12-4-1-5-13-20,21-14-6-2-7-15-21)22-16-8-3-9-17-22;/h1-9,12-17,24H,10-11,19H2;1H. The van der Waals surface area contributed by atoms with Gasteiger partial charge in [-0.05, 0) is 0 Å². The van der Waals surface area contributed by atoms with Gasteiger partial charge in [0.25, 0.3) is 0 Å². The summed E-state index contributed by atoms with van der Waals surface area (Å²) in [5.41, 5.74) is 0. The molecule has 3 rings (SSSR count). The molecule has 0 aliphatic carbocycles. The second kappa shape index (κ2) is 9.52. The molecule has 0 aliphatic rings. The van der Waals surface area contributed by atoms with Crippen LogP contribution in [0.5, 0.6) is 0 Å². The Balaban J connectivity index is 0.00000225. The van der Waals surface area contributed by atoms with E-state index in [4.69, 9.17) is 5.26 Å². The van der Waals surface area contributed by atoms with Crippen LogP contribution in [0.25, 0.3) is 0 Å². The van der Waals surface area contributed by atoms with Gasteiger partial charge in [-0.15, -0.1) is 17.0 Å². The molecule has 0 bridgehead atoms. The first-order valence-electron chi connectivity index (χ1n) is 8.41. The van der Waals surface area contributed by atoms with Crippen LogP contribution in [0.4, 0.5) is 0 Å². The Bertz CT molecular complexity index is 701. The van der Waals surface area contributed by atoms with Gasteiger partial charge in [-0.3, -0.25) is 0 Å². The molecule has 0 saturated carbocycles. The molecule has 0 fully saturated rings. The first kappa shape index (κ1) is 19.4. The predicted octanol–water partition coefficient (Wildman–Crippen LogP) is 4.59. The monoisotopic (exact) mass is 411 g/mol. The summed E-state index contributed by atoms with van der Waals surface area (Å²) in [6.45, 7) is 0. The first-order chi connectivity index (χ1) is 11.9. The van der Waals surface area contributed by atoms with Crippen molar-refractivity contribution < 1.29 is 0 Å². The van der Waals surface area contributed by atoms with Gasteiger partial charge in [0.2, 0.25) is 0 Å². The van der Waals surface area contributed by atoms with Crippen molar-refractivity contribution in [3.63, 3.8) is 0 Å². The van der Waals surface area contributed by atoms with Gasteiger partial charge in [-0.2, -0.15) is 0 Å². The molecule has 0 amide bonds. The molecular formula is C22H23BrNP. The van der Waals surface area contributed by atoms with Gasteiger partial charge >= 0.3 is 145 Å². The molecule has 0 spiro atoms. The maximum absolute atomic E-state index is 9.04. The van der Waals surface area contributed by atoms with Gasteiger partial charge in [-0.1, -0.05) is 0 Å². The van der Waals surface area contributed by atoms with E-state index in [1.54, 1.807) is 0 Å². The number of rotatable bonds is 6. The van der Waals surface area contributed by atoms with E-state index < -0.39 is 7.26 Å². The van der Waals surface area contributed by atoms with Gasteiger partial charge in [0.05, 0.1) is 0 Å².